The van der Waals surface area contributed by atoms with Crippen LogP contribution in [0.3, 0.4) is 0 Å². The minimum Gasteiger partial charge on any atom is -0.496 e. The van der Waals surface area contributed by atoms with Gasteiger partial charge in [0.05, 0.1) is 14.2 Å². The Morgan fingerprint density at radius 3 is 2.41 bits per heavy atom. The molecule has 1 aromatic rings. The molecule has 6 heteroatoms. The molecule has 1 atom stereocenters. The first-order valence-electron chi connectivity index (χ1n) is 6.67. The van der Waals surface area contributed by atoms with Crippen molar-refractivity contribution in [2.24, 2.45) is 0 Å². The fraction of sp³-hybridized carbons (Fsp3) is 0.438. The van der Waals surface area contributed by atoms with E-state index in [1.165, 1.54) is 27.2 Å². The maximum absolute atomic E-state index is 11.3. The van der Waals surface area contributed by atoms with Crippen LogP contribution >= 0.6 is 0 Å². The van der Waals surface area contributed by atoms with Gasteiger partial charge in [-0.1, -0.05) is 6.58 Å². The summed E-state index contributed by atoms with van der Waals surface area (Å²) in [4.78, 5) is 11.3. The lowest BCUT2D eigenvalue weighted by Gasteiger charge is -2.22. The molecule has 0 radical (unpaired) electrons. The quantitative estimate of drug-likeness (QED) is 0.418. The van der Waals surface area contributed by atoms with Crippen LogP contribution in [-0.2, 0) is 14.3 Å². The van der Waals surface area contributed by atoms with Gasteiger partial charge in [-0.15, -0.1) is 0 Å². The molecule has 0 aromatic heterocycles. The van der Waals surface area contributed by atoms with E-state index in [2.05, 4.69) is 6.58 Å². The molecule has 0 aliphatic carbocycles. The van der Waals surface area contributed by atoms with Crippen LogP contribution in [0.2, 0.25) is 0 Å². The van der Waals surface area contributed by atoms with E-state index in [4.69, 9.17) is 23.7 Å². The minimum absolute atomic E-state index is 0.0268. The fourth-order valence-corrected chi connectivity index (χ4v) is 2.08. The summed E-state index contributed by atoms with van der Waals surface area (Å²) < 4.78 is 26.6. The molecule has 1 rings (SSSR count). The number of ether oxygens (including phenoxy) is 5. The third-order valence-electron chi connectivity index (χ3n) is 3.02. The van der Waals surface area contributed by atoms with Crippen LogP contribution in [0.5, 0.6) is 17.2 Å². The number of rotatable bonds is 8. The van der Waals surface area contributed by atoms with Crippen molar-refractivity contribution < 1.29 is 28.5 Å². The molecule has 0 aliphatic rings. The predicted octanol–water partition coefficient (Wildman–Crippen LogP) is 2.79. The van der Waals surface area contributed by atoms with Crippen LogP contribution in [0.1, 0.15) is 24.2 Å². The molecule has 0 saturated carbocycles. The number of hydrogen-bond donors (Lipinski definition) is 0. The number of carbonyl (C=O) groups is 1. The van der Waals surface area contributed by atoms with Crippen molar-refractivity contribution in [2.75, 3.05) is 28.1 Å². The zero-order chi connectivity index (χ0) is 16.7. The molecular formula is C16H22O6. The molecule has 0 bridgehead atoms. The second-order valence-corrected chi connectivity index (χ2v) is 4.47. The highest BCUT2D eigenvalue weighted by molar-refractivity contribution is 5.67. The van der Waals surface area contributed by atoms with Gasteiger partial charge in [0.2, 0.25) is 0 Å². The van der Waals surface area contributed by atoms with E-state index in [-0.39, 0.29) is 6.79 Å². The van der Waals surface area contributed by atoms with Gasteiger partial charge < -0.3 is 23.7 Å². The van der Waals surface area contributed by atoms with Crippen molar-refractivity contribution >= 4 is 5.97 Å². The molecular weight excluding hydrogens is 288 g/mol. The summed E-state index contributed by atoms with van der Waals surface area (Å²) in [5.41, 5.74) is 1.34. The molecule has 22 heavy (non-hydrogen) atoms. The lowest BCUT2D eigenvalue weighted by Crippen LogP contribution is -2.11. The number of hydrogen-bond acceptors (Lipinski definition) is 6. The standard InChI is InChI=1S/C16H22O6/c1-7-13(22-11(3)17)12-8-14(19-5)10(2)15(20-6)16(12)21-9-18-4/h7-8,13H,1,9H2,2-6H3. The molecule has 0 aliphatic heterocycles. The first-order chi connectivity index (χ1) is 10.5. The third-order valence-corrected chi connectivity index (χ3v) is 3.02. The monoisotopic (exact) mass is 310 g/mol. The molecule has 0 heterocycles. The third kappa shape index (κ3) is 3.92. The Kier molecular flexibility index (Phi) is 6.72. The lowest BCUT2D eigenvalue weighted by atomic mass is 10.0. The molecule has 6 nitrogen and oxygen atoms in total. The Morgan fingerprint density at radius 1 is 1.27 bits per heavy atom. The Labute approximate surface area is 130 Å². The normalized spacial score (nSPS) is 11.5. The predicted molar refractivity (Wildman–Crippen MR) is 81.5 cm³/mol. The van der Waals surface area contributed by atoms with Gasteiger partial charge in [0, 0.05) is 25.2 Å². The minimum atomic E-state index is -0.687. The summed E-state index contributed by atoms with van der Waals surface area (Å²) in [5, 5.41) is 0. The maximum atomic E-state index is 11.3. The van der Waals surface area contributed by atoms with Crippen molar-refractivity contribution in [2.45, 2.75) is 20.0 Å². The highest BCUT2D eigenvalue weighted by atomic mass is 16.7. The van der Waals surface area contributed by atoms with Crippen molar-refractivity contribution in [1.82, 2.24) is 0 Å². The van der Waals surface area contributed by atoms with Gasteiger partial charge in [-0.3, -0.25) is 4.79 Å². The van der Waals surface area contributed by atoms with Crippen LogP contribution in [0.15, 0.2) is 18.7 Å². The number of esters is 1. The number of methoxy groups -OCH3 is 3. The maximum Gasteiger partial charge on any atom is 0.303 e. The van der Waals surface area contributed by atoms with Crippen LogP contribution in [0, 0.1) is 6.92 Å². The van der Waals surface area contributed by atoms with E-state index >= 15 is 0 Å². The molecule has 0 saturated heterocycles. The van der Waals surface area contributed by atoms with Gasteiger partial charge in [0.1, 0.15) is 11.9 Å². The Morgan fingerprint density at radius 2 is 1.95 bits per heavy atom. The first kappa shape index (κ1) is 17.8. The van der Waals surface area contributed by atoms with Crippen LogP contribution in [0.4, 0.5) is 0 Å². The summed E-state index contributed by atoms with van der Waals surface area (Å²) in [6.07, 6.45) is 0.817. The van der Waals surface area contributed by atoms with E-state index in [1.807, 2.05) is 6.92 Å². The molecule has 1 aromatic carbocycles. The summed E-state index contributed by atoms with van der Waals surface area (Å²) in [5.74, 6) is 1.08. The molecule has 0 spiro atoms. The molecule has 0 fully saturated rings. The summed E-state index contributed by atoms with van der Waals surface area (Å²) in [6, 6.07) is 1.73. The number of carbonyl (C=O) groups excluding carboxylic acids is 1. The fourth-order valence-electron chi connectivity index (χ4n) is 2.08. The summed E-state index contributed by atoms with van der Waals surface area (Å²) >= 11 is 0. The Balaban J connectivity index is 3.49. The van der Waals surface area contributed by atoms with Crippen LogP contribution < -0.4 is 14.2 Å². The van der Waals surface area contributed by atoms with Crippen molar-refractivity contribution in [1.29, 1.82) is 0 Å². The average molecular weight is 310 g/mol. The van der Waals surface area contributed by atoms with E-state index in [0.717, 1.165) is 5.56 Å². The van der Waals surface area contributed by atoms with Gasteiger partial charge in [-0.2, -0.15) is 0 Å². The van der Waals surface area contributed by atoms with Crippen molar-refractivity contribution in [3.8, 4) is 17.2 Å². The second kappa shape index (κ2) is 8.29. The zero-order valence-corrected chi connectivity index (χ0v) is 13.6. The Bertz CT molecular complexity index is 538. The van der Waals surface area contributed by atoms with Gasteiger partial charge in [-0.05, 0) is 19.1 Å². The highest BCUT2D eigenvalue weighted by Crippen LogP contribution is 2.44. The molecule has 0 N–H and O–H groups in total. The number of benzene rings is 1. The molecule has 122 valence electrons. The van der Waals surface area contributed by atoms with Crippen LogP contribution in [0.25, 0.3) is 0 Å². The summed E-state index contributed by atoms with van der Waals surface area (Å²) in [7, 11) is 4.59. The van der Waals surface area contributed by atoms with E-state index < -0.39 is 12.1 Å². The Hall–Kier alpha value is -2.21. The summed E-state index contributed by atoms with van der Waals surface area (Å²) in [6.45, 7) is 6.90. The van der Waals surface area contributed by atoms with Gasteiger partial charge >= 0.3 is 5.97 Å². The largest absolute Gasteiger partial charge is 0.496 e. The van der Waals surface area contributed by atoms with E-state index in [9.17, 15) is 4.79 Å². The smallest absolute Gasteiger partial charge is 0.303 e. The lowest BCUT2D eigenvalue weighted by molar-refractivity contribution is -0.144. The van der Waals surface area contributed by atoms with Gasteiger partial charge in [-0.25, -0.2) is 0 Å². The van der Waals surface area contributed by atoms with E-state index in [1.54, 1.807) is 13.2 Å². The van der Waals surface area contributed by atoms with E-state index in [0.29, 0.717) is 22.8 Å². The second-order valence-electron chi connectivity index (χ2n) is 4.47. The molecule has 1 unspecified atom stereocenters. The van der Waals surface area contributed by atoms with Crippen molar-refractivity contribution in [3.63, 3.8) is 0 Å². The SMILES string of the molecule is C=CC(OC(C)=O)c1cc(OC)c(C)c(OC)c1OCOC. The first-order valence-corrected chi connectivity index (χ1v) is 6.67. The van der Waals surface area contributed by atoms with Gasteiger partial charge in [0.25, 0.3) is 0 Å². The van der Waals surface area contributed by atoms with Crippen molar-refractivity contribution in [3.05, 3.63) is 29.8 Å². The zero-order valence-electron chi connectivity index (χ0n) is 13.6. The van der Waals surface area contributed by atoms with Gasteiger partial charge in [0.15, 0.2) is 18.3 Å². The highest BCUT2D eigenvalue weighted by Gasteiger charge is 2.24. The molecule has 0 amide bonds. The topological polar surface area (TPSA) is 63.2 Å². The van der Waals surface area contributed by atoms with Crippen LogP contribution in [-0.4, -0.2) is 34.1 Å². The average Bonchev–Trinajstić information content (AvgIpc) is 2.50.